The molecule has 98 valence electrons. The highest BCUT2D eigenvalue weighted by Gasteiger charge is 2.09. The number of hydrogen-bond acceptors (Lipinski definition) is 0. The largest absolute Gasteiger partial charge is 0.0654 e. The van der Waals surface area contributed by atoms with Crippen LogP contribution in [0.25, 0.3) is 0 Å². The van der Waals surface area contributed by atoms with Crippen molar-refractivity contribution in [1.29, 1.82) is 0 Å². The molecular weight excluding hydrogens is 192 g/mol. The fourth-order valence-corrected chi connectivity index (χ4v) is 2.73. The van der Waals surface area contributed by atoms with Gasteiger partial charge in [0.15, 0.2) is 0 Å². The van der Waals surface area contributed by atoms with E-state index in [0.717, 1.165) is 11.8 Å². The van der Waals surface area contributed by atoms with Crippen molar-refractivity contribution in [2.45, 2.75) is 91.9 Å². The average molecular weight is 226 g/mol. The van der Waals surface area contributed by atoms with Crippen LogP contribution in [-0.4, -0.2) is 0 Å². The molecule has 0 heterocycles. The van der Waals surface area contributed by atoms with Crippen molar-refractivity contribution < 1.29 is 0 Å². The molecule has 0 amide bonds. The summed E-state index contributed by atoms with van der Waals surface area (Å²) < 4.78 is 0. The summed E-state index contributed by atoms with van der Waals surface area (Å²) in [5.41, 5.74) is 0. The molecule has 0 aromatic heterocycles. The van der Waals surface area contributed by atoms with Crippen LogP contribution in [0.2, 0.25) is 0 Å². The van der Waals surface area contributed by atoms with Gasteiger partial charge in [-0.15, -0.1) is 0 Å². The molecule has 0 saturated carbocycles. The van der Waals surface area contributed by atoms with Gasteiger partial charge in [0.2, 0.25) is 0 Å². The van der Waals surface area contributed by atoms with Crippen LogP contribution in [0.4, 0.5) is 0 Å². The summed E-state index contributed by atoms with van der Waals surface area (Å²) in [6.45, 7) is 9.33. The third kappa shape index (κ3) is 8.19. The molecule has 0 aliphatic carbocycles. The maximum atomic E-state index is 2.34. The number of rotatable bonds is 11. The Balaban J connectivity index is 3.65. The van der Waals surface area contributed by atoms with E-state index in [1.165, 1.54) is 64.2 Å². The van der Waals surface area contributed by atoms with Crippen molar-refractivity contribution >= 4 is 0 Å². The Morgan fingerprint density at radius 2 is 1.12 bits per heavy atom. The predicted molar refractivity (Wildman–Crippen MR) is 75.8 cm³/mol. The topological polar surface area (TPSA) is 0 Å². The van der Waals surface area contributed by atoms with Crippen molar-refractivity contribution in [2.24, 2.45) is 11.8 Å². The maximum Gasteiger partial charge on any atom is -0.0414 e. The first-order chi connectivity index (χ1) is 7.78. The molecule has 0 aliphatic rings. The molecule has 0 aromatic carbocycles. The Kier molecular flexibility index (Phi) is 11.5. The van der Waals surface area contributed by atoms with E-state index in [0.29, 0.717) is 0 Å². The molecule has 0 spiro atoms. The normalized spacial score (nSPS) is 13.3. The Labute approximate surface area is 104 Å². The molecule has 0 heteroatoms. The lowest BCUT2D eigenvalue weighted by Gasteiger charge is -2.17. The summed E-state index contributed by atoms with van der Waals surface area (Å²) in [5, 5.41) is 0. The van der Waals surface area contributed by atoms with Gasteiger partial charge in [0.1, 0.15) is 0 Å². The maximum absolute atomic E-state index is 2.34. The molecule has 1 unspecified atom stereocenters. The van der Waals surface area contributed by atoms with Gasteiger partial charge >= 0.3 is 0 Å². The summed E-state index contributed by atoms with van der Waals surface area (Å²) in [4.78, 5) is 0. The van der Waals surface area contributed by atoms with Gasteiger partial charge in [-0.1, -0.05) is 91.9 Å². The van der Waals surface area contributed by atoms with Crippen LogP contribution >= 0.6 is 0 Å². The monoisotopic (exact) mass is 226 g/mol. The molecule has 0 bridgehead atoms. The first kappa shape index (κ1) is 16.0. The minimum Gasteiger partial charge on any atom is -0.0654 e. The van der Waals surface area contributed by atoms with E-state index >= 15 is 0 Å². The quantitative estimate of drug-likeness (QED) is 0.393. The molecular formula is C16H34. The van der Waals surface area contributed by atoms with E-state index in [1.807, 2.05) is 0 Å². The number of hydrogen-bond donors (Lipinski definition) is 0. The highest BCUT2D eigenvalue weighted by molar-refractivity contribution is 4.62. The molecule has 0 radical (unpaired) electrons. The Morgan fingerprint density at radius 1 is 0.562 bits per heavy atom. The highest BCUT2D eigenvalue weighted by Crippen LogP contribution is 2.24. The second-order valence-corrected chi connectivity index (χ2v) is 5.41. The van der Waals surface area contributed by atoms with Crippen LogP contribution in [0, 0.1) is 11.8 Å². The number of unbranched alkanes of at least 4 members (excludes halogenated alkanes) is 1. The molecule has 0 fully saturated rings. The fourth-order valence-electron chi connectivity index (χ4n) is 2.73. The third-order valence-corrected chi connectivity index (χ3v) is 4.04. The van der Waals surface area contributed by atoms with Crippen LogP contribution in [0.5, 0.6) is 0 Å². The molecule has 0 aliphatic heterocycles. The Morgan fingerprint density at radius 3 is 1.62 bits per heavy atom. The second kappa shape index (κ2) is 11.5. The van der Waals surface area contributed by atoms with E-state index in [9.17, 15) is 0 Å². The highest BCUT2D eigenvalue weighted by atomic mass is 14.1. The third-order valence-electron chi connectivity index (χ3n) is 4.04. The SMILES string of the molecule is CCCCC(CCC)CCCC(CC)CC. The average Bonchev–Trinajstić information content (AvgIpc) is 2.31. The van der Waals surface area contributed by atoms with E-state index in [1.54, 1.807) is 0 Å². The van der Waals surface area contributed by atoms with Crippen LogP contribution < -0.4 is 0 Å². The van der Waals surface area contributed by atoms with E-state index in [4.69, 9.17) is 0 Å². The van der Waals surface area contributed by atoms with Crippen molar-refractivity contribution in [2.75, 3.05) is 0 Å². The van der Waals surface area contributed by atoms with Gasteiger partial charge < -0.3 is 0 Å². The summed E-state index contributed by atoms with van der Waals surface area (Å²) in [7, 11) is 0. The first-order valence-electron chi connectivity index (χ1n) is 7.78. The smallest absolute Gasteiger partial charge is 0.0414 e. The lowest BCUT2D eigenvalue weighted by Crippen LogP contribution is -2.03. The van der Waals surface area contributed by atoms with Crippen LogP contribution in [0.15, 0.2) is 0 Å². The first-order valence-corrected chi connectivity index (χ1v) is 7.78. The van der Waals surface area contributed by atoms with Crippen LogP contribution in [-0.2, 0) is 0 Å². The summed E-state index contributed by atoms with van der Waals surface area (Å²) in [6, 6.07) is 0. The fraction of sp³-hybridized carbons (Fsp3) is 1.00. The van der Waals surface area contributed by atoms with Gasteiger partial charge in [-0.25, -0.2) is 0 Å². The lowest BCUT2D eigenvalue weighted by atomic mass is 9.89. The molecule has 0 nitrogen and oxygen atoms in total. The minimum atomic E-state index is 0.994. The molecule has 0 N–H and O–H groups in total. The Hall–Kier alpha value is 0. The van der Waals surface area contributed by atoms with Gasteiger partial charge in [-0.2, -0.15) is 0 Å². The summed E-state index contributed by atoms with van der Waals surface area (Å²) in [6.07, 6.45) is 14.3. The van der Waals surface area contributed by atoms with E-state index in [-0.39, 0.29) is 0 Å². The standard InChI is InChI=1S/C16H34/c1-5-9-12-16(11-6-2)14-10-13-15(7-3)8-4/h15-16H,5-14H2,1-4H3. The van der Waals surface area contributed by atoms with Crippen molar-refractivity contribution in [1.82, 2.24) is 0 Å². The zero-order valence-electron chi connectivity index (χ0n) is 12.2. The van der Waals surface area contributed by atoms with Gasteiger partial charge in [0.05, 0.1) is 0 Å². The molecule has 0 aromatic rings. The molecule has 0 rings (SSSR count). The molecule has 1 atom stereocenters. The lowest BCUT2D eigenvalue weighted by molar-refractivity contribution is 0.355. The van der Waals surface area contributed by atoms with Crippen LogP contribution in [0.1, 0.15) is 91.9 Å². The van der Waals surface area contributed by atoms with E-state index in [2.05, 4.69) is 27.7 Å². The predicted octanol–water partition coefficient (Wildman–Crippen LogP) is 6.20. The Bertz CT molecular complexity index is 124. The van der Waals surface area contributed by atoms with Crippen LogP contribution in [0.3, 0.4) is 0 Å². The summed E-state index contributed by atoms with van der Waals surface area (Å²) in [5.74, 6) is 2.02. The van der Waals surface area contributed by atoms with Crippen molar-refractivity contribution in [3.63, 3.8) is 0 Å². The summed E-state index contributed by atoms with van der Waals surface area (Å²) >= 11 is 0. The second-order valence-electron chi connectivity index (χ2n) is 5.41. The zero-order valence-corrected chi connectivity index (χ0v) is 12.2. The van der Waals surface area contributed by atoms with Gasteiger partial charge in [0.25, 0.3) is 0 Å². The van der Waals surface area contributed by atoms with Crippen molar-refractivity contribution in [3.8, 4) is 0 Å². The van der Waals surface area contributed by atoms with Gasteiger partial charge in [-0.05, 0) is 11.8 Å². The van der Waals surface area contributed by atoms with Gasteiger partial charge in [0, 0.05) is 0 Å². The molecule has 0 saturated heterocycles. The van der Waals surface area contributed by atoms with Gasteiger partial charge in [-0.3, -0.25) is 0 Å². The van der Waals surface area contributed by atoms with E-state index < -0.39 is 0 Å². The van der Waals surface area contributed by atoms with Crippen molar-refractivity contribution in [3.05, 3.63) is 0 Å². The zero-order chi connectivity index (χ0) is 12.2. The molecule has 16 heavy (non-hydrogen) atoms. The minimum absolute atomic E-state index is 0.994.